The van der Waals surface area contributed by atoms with Gasteiger partial charge in [0.2, 0.25) is 0 Å². The molecule has 2 saturated carbocycles. The monoisotopic (exact) mass is 391 g/mol. The van der Waals surface area contributed by atoms with Crippen LogP contribution in [0.15, 0.2) is 18.2 Å². The predicted molar refractivity (Wildman–Crippen MR) is 107 cm³/mol. The molecule has 5 rings (SSSR count). The van der Waals surface area contributed by atoms with E-state index in [0.29, 0.717) is 30.4 Å². The summed E-state index contributed by atoms with van der Waals surface area (Å²) in [6.45, 7) is 2.21. The van der Waals surface area contributed by atoms with Gasteiger partial charge < -0.3 is 9.84 Å². The summed E-state index contributed by atoms with van der Waals surface area (Å²) in [7, 11) is 1.85. The summed E-state index contributed by atoms with van der Waals surface area (Å²) in [5.41, 5.74) is 1.90. The number of nitrogens with zero attached hydrogens (tertiary/aromatic N) is 1. The summed E-state index contributed by atoms with van der Waals surface area (Å²) in [5.74, 6) is 1.49. The Hall–Kier alpha value is -1.10. The largest absolute Gasteiger partial charge is 0.508 e. The van der Waals surface area contributed by atoms with Crippen LogP contribution in [0.25, 0.3) is 0 Å². The molecule has 1 heterocycles. The van der Waals surface area contributed by atoms with Crippen molar-refractivity contribution in [1.29, 1.82) is 0 Å². The molecule has 1 saturated heterocycles. The molecule has 3 fully saturated rings. The highest BCUT2D eigenvalue weighted by molar-refractivity contribution is 5.85. The standard InChI is InChI=1S/C22H29NO3.ClH/c1-26-22-8-7-18(25)13-21(22)9-10-23(14-15-3-2-4-15)20(22)11-16-5-6-17(24)12-19(16)21;/h5-6,12,15,20,24H,2-4,7-11,13-14H2,1H3;1H/t20-,21-,22?;/m1./s1. The number of phenolic OH excluding ortho intramolecular Hbond substituents is 1. The highest BCUT2D eigenvalue weighted by Crippen LogP contribution is 2.59. The minimum atomic E-state index is -0.302. The fraction of sp³-hybridized carbons (Fsp3) is 0.682. The summed E-state index contributed by atoms with van der Waals surface area (Å²) in [5, 5.41) is 10.2. The summed E-state index contributed by atoms with van der Waals surface area (Å²) in [4.78, 5) is 15.2. The number of phenols is 1. The van der Waals surface area contributed by atoms with E-state index in [1.165, 1.54) is 36.9 Å². The van der Waals surface area contributed by atoms with Gasteiger partial charge in [0.25, 0.3) is 0 Å². The van der Waals surface area contributed by atoms with Crippen LogP contribution in [0.1, 0.15) is 56.1 Å². The molecule has 1 N–H and O–H groups in total. The average Bonchev–Trinajstić information content (AvgIpc) is 2.60. The molecule has 0 amide bonds. The highest BCUT2D eigenvalue weighted by atomic mass is 35.5. The number of piperidine rings is 1. The zero-order valence-corrected chi connectivity index (χ0v) is 16.9. The zero-order chi connectivity index (χ0) is 17.9. The topological polar surface area (TPSA) is 49.8 Å². The van der Waals surface area contributed by atoms with E-state index in [0.717, 1.165) is 31.7 Å². The van der Waals surface area contributed by atoms with Gasteiger partial charge in [-0.15, -0.1) is 12.4 Å². The Bertz CT molecular complexity index is 749. The third-order valence-corrected chi connectivity index (χ3v) is 7.99. The first-order chi connectivity index (χ1) is 12.6. The molecule has 4 aliphatic rings. The normalized spacial score (nSPS) is 35.6. The third-order valence-electron chi connectivity index (χ3n) is 7.99. The third kappa shape index (κ3) is 2.60. The van der Waals surface area contributed by atoms with Gasteiger partial charge in [0.15, 0.2) is 0 Å². The van der Waals surface area contributed by atoms with Gasteiger partial charge in [-0.3, -0.25) is 9.69 Å². The van der Waals surface area contributed by atoms with E-state index in [1.807, 2.05) is 13.2 Å². The van der Waals surface area contributed by atoms with Crippen LogP contribution < -0.4 is 0 Å². The number of aromatic hydroxyl groups is 1. The first-order valence-electron chi connectivity index (χ1n) is 10.2. The number of methoxy groups -OCH3 is 1. The van der Waals surface area contributed by atoms with E-state index >= 15 is 0 Å². The van der Waals surface area contributed by atoms with Gasteiger partial charge in [-0.25, -0.2) is 0 Å². The lowest BCUT2D eigenvalue weighted by atomic mass is 9.49. The molecule has 0 aromatic heterocycles. The van der Waals surface area contributed by atoms with Gasteiger partial charge in [0.1, 0.15) is 11.5 Å². The van der Waals surface area contributed by atoms with Crippen molar-refractivity contribution in [2.24, 2.45) is 5.92 Å². The van der Waals surface area contributed by atoms with E-state index in [2.05, 4.69) is 11.0 Å². The Kier molecular flexibility index (Phi) is 4.81. The van der Waals surface area contributed by atoms with Gasteiger partial charge in [0.05, 0.1) is 5.60 Å². The number of hydrogen-bond acceptors (Lipinski definition) is 4. The van der Waals surface area contributed by atoms with Crippen LogP contribution in [0.2, 0.25) is 0 Å². The quantitative estimate of drug-likeness (QED) is 0.854. The second-order valence-corrected chi connectivity index (χ2v) is 8.99. The van der Waals surface area contributed by atoms with Crippen molar-refractivity contribution in [3.63, 3.8) is 0 Å². The van der Waals surface area contributed by atoms with Gasteiger partial charge in [-0.1, -0.05) is 12.5 Å². The Morgan fingerprint density at radius 2 is 2.11 bits per heavy atom. The van der Waals surface area contributed by atoms with Crippen molar-refractivity contribution in [2.75, 3.05) is 20.2 Å². The number of likely N-dealkylation sites (tertiary alicyclic amines) is 1. The molecule has 148 valence electrons. The number of hydrogen-bond donors (Lipinski definition) is 1. The van der Waals surface area contributed by atoms with E-state index in [-0.39, 0.29) is 23.4 Å². The Morgan fingerprint density at radius 1 is 1.30 bits per heavy atom. The molecule has 27 heavy (non-hydrogen) atoms. The number of ether oxygens (including phenoxy) is 1. The van der Waals surface area contributed by atoms with Crippen LogP contribution in [0.3, 0.4) is 0 Å². The van der Waals surface area contributed by atoms with Crippen LogP contribution in [-0.4, -0.2) is 47.6 Å². The highest BCUT2D eigenvalue weighted by Gasteiger charge is 2.65. The maximum Gasteiger partial charge on any atom is 0.134 e. The molecular weight excluding hydrogens is 362 g/mol. The molecule has 3 atom stereocenters. The van der Waals surface area contributed by atoms with Gasteiger partial charge in [0, 0.05) is 38.0 Å². The molecule has 3 aliphatic carbocycles. The van der Waals surface area contributed by atoms with Crippen LogP contribution in [0.4, 0.5) is 0 Å². The second kappa shape index (κ2) is 6.75. The van der Waals surface area contributed by atoms with Crippen LogP contribution in [-0.2, 0) is 21.4 Å². The maximum atomic E-state index is 12.5. The number of fused-ring (bicyclic) bond motifs is 1. The lowest BCUT2D eigenvalue weighted by Gasteiger charge is -2.65. The number of Topliss-reactive ketones (excluding diaryl/α,β-unsaturated/α-hetero) is 1. The lowest BCUT2D eigenvalue weighted by molar-refractivity contribution is -0.189. The number of carbonyl (C=O) groups excluding carboxylic acids is 1. The van der Waals surface area contributed by atoms with E-state index in [1.54, 1.807) is 6.07 Å². The molecule has 4 nitrogen and oxygen atoms in total. The Morgan fingerprint density at radius 3 is 2.81 bits per heavy atom. The summed E-state index contributed by atoms with van der Waals surface area (Å²) in [6, 6.07) is 6.13. The van der Waals surface area contributed by atoms with Crippen molar-refractivity contribution in [3.05, 3.63) is 29.3 Å². The van der Waals surface area contributed by atoms with Crippen LogP contribution >= 0.6 is 12.4 Å². The zero-order valence-electron chi connectivity index (χ0n) is 16.1. The van der Waals surface area contributed by atoms with E-state index in [4.69, 9.17) is 4.74 Å². The fourth-order valence-electron chi connectivity index (χ4n) is 6.52. The summed E-state index contributed by atoms with van der Waals surface area (Å²) < 4.78 is 6.37. The van der Waals surface area contributed by atoms with E-state index < -0.39 is 0 Å². The lowest BCUT2D eigenvalue weighted by Crippen LogP contribution is -2.74. The Labute approximate surface area is 167 Å². The van der Waals surface area contributed by atoms with Crippen molar-refractivity contribution in [3.8, 4) is 5.75 Å². The molecule has 1 aromatic carbocycles. The summed E-state index contributed by atoms with van der Waals surface area (Å²) >= 11 is 0. The summed E-state index contributed by atoms with van der Waals surface area (Å²) in [6.07, 6.45) is 8.00. The minimum Gasteiger partial charge on any atom is -0.508 e. The molecule has 1 aromatic rings. The first-order valence-corrected chi connectivity index (χ1v) is 10.2. The van der Waals surface area contributed by atoms with Crippen molar-refractivity contribution in [1.82, 2.24) is 4.90 Å². The van der Waals surface area contributed by atoms with Crippen molar-refractivity contribution >= 4 is 18.2 Å². The van der Waals surface area contributed by atoms with Crippen molar-refractivity contribution in [2.45, 2.75) is 68.4 Å². The molecule has 5 heteroatoms. The first kappa shape index (κ1) is 19.2. The Balaban J connectivity index is 0.00000180. The predicted octanol–water partition coefficient (Wildman–Crippen LogP) is 3.62. The second-order valence-electron chi connectivity index (χ2n) is 8.99. The van der Waals surface area contributed by atoms with Crippen LogP contribution in [0, 0.1) is 5.92 Å². The van der Waals surface area contributed by atoms with Crippen LogP contribution in [0.5, 0.6) is 5.75 Å². The van der Waals surface area contributed by atoms with Gasteiger partial charge >= 0.3 is 0 Å². The number of rotatable bonds is 3. The number of benzene rings is 1. The molecule has 1 aliphatic heterocycles. The molecular formula is C22H30ClNO3. The number of carbonyl (C=O) groups is 1. The maximum absolute atomic E-state index is 12.5. The average molecular weight is 392 g/mol. The molecule has 0 radical (unpaired) electrons. The number of halogens is 1. The SMILES string of the molecule is COC12CCC(=O)C[C@@]13CCN(CC1CCC1)[C@@H]2Cc1ccc(O)cc13.Cl. The molecule has 2 bridgehead atoms. The van der Waals surface area contributed by atoms with E-state index in [9.17, 15) is 9.90 Å². The number of ketones is 1. The van der Waals surface area contributed by atoms with Crippen molar-refractivity contribution < 1.29 is 14.6 Å². The fourth-order valence-corrected chi connectivity index (χ4v) is 6.52. The minimum absolute atomic E-state index is 0. The molecule has 1 unspecified atom stereocenters. The molecule has 0 spiro atoms. The smallest absolute Gasteiger partial charge is 0.134 e. The van der Waals surface area contributed by atoms with Gasteiger partial charge in [-0.2, -0.15) is 0 Å². The van der Waals surface area contributed by atoms with Gasteiger partial charge in [-0.05, 0) is 67.8 Å².